The van der Waals surface area contributed by atoms with Crippen molar-refractivity contribution in [2.24, 2.45) is 11.1 Å². The van der Waals surface area contributed by atoms with E-state index in [-0.39, 0.29) is 6.54 Å². The Labute approximate surface area is 107 Å². The molecule has 0 saturated carbocycles. The van der Waals surface area contributed by atoms with Gasteiger partial charge in [-0.05, 0) is 12.8 Å². The van der Waals surface area contributed by atoms with Gasteiger partial charge in [0.15, 0.2) is 0 Å². The van der Waals surface area contributed by atoms with E-state index in [2.05, 4.69) is 0 Å². The Morgan fingerprint density at radius 3 is 1.89 bits per heavy atom. The Hall–Kier alpha value is -0.780. The molecule has 0 aliphatic rings. The van der Waals surface area contributed by atoms with Gasteiger partial charge in [-0.2, -0.15) is 13.2 Å². The number of carbonyl (C=O) groups is 1. The molecule has 0 spiro atoms. The van der Waals surface area contributed by atoms with Gasteiger partial charge in [0.05, 0.1) is 5.41 Å². The molecular formula is C12H23F3N2O. The summed E-state index contributed by atoms with van der Waals surface area (Å²) in [6.45, 7) is 2.67. The molecule has 0 aliphatic carbocycles. The summed E-state index contributed by atoms with van der Waals surface area (Å²) in [5.74, 6) is -0.494. The van der Waals surface area contributed by atoms with E-state index in [1.807, 2.05) is 13.8 Å². The third-order valence-electron chi connectivity index (χ3n) is 3.06. The molecule has 0 atom stereocenters. The average Bonchev–Trinajstić information content (AvgIpc) is 2.25. The van der Waals surface area contributed by atoms with Crippen LogP contribution in [0.4, 0.5) is 13.2 Å². The summed E-state index contributed by atoms with van der Waals surface area (Å²) in [4.78, 5) is 12.9. The van der Waals surface area contributed by atoms with Crippen LogP contribution < -0.4 is 5.73 Å². The molecule has 0 aliphatic heterocycles. The Balaban J connectivity index is 4.94. The van der Waals surface area contributed by atoms with E-state index in [0.717, 1.165) is 17.7 Å². The predicted octanol–water partition coefficient (Wildman–Crippen LogP) is 2.55. The predicted molar refractivity (Wildman–Crippen MR) is 65.0 cm³/mol. The molecule has 0 unspecified atom stereocenters. The van der Waals surface area contributed by atoms with Crippen molar-refractivity contribution in [1.29, 1.82) is 0 Å². The lowest BCUT2D eigenvalue weighted by Crippen LogP contribution is -2.49. The standard InChI is InChI=1S/C12H23F3N2O/c1-4-6-11(8-16,7-5-2)10(18)17(3)9-12(13,14)15/h4-9,16H2,1-3H3. The quantitative estimate of drug-likeness (QED) is 0.771. The minimum absolute atomic E-state index is 0.0930. The molecule has 108 valence electrons. The molecule has 0 heterocycles. The maximum atomic E-state index is 12.3. The van der Waals surface area contributed by atoms with Crippen LogP contribution in [0.25, 0.3) is 0 Å². The van der Waals surface area contributed by atoms with Gasteiger partial charge in [0.25, 0.3) is 0 Å². The molecule has 6 heteroatoms. The fraction of sp³-hybridized carbons (Fsp3) is 0.917. The van der Waals surface area contributed by atoms with Crippen molar-refractivity contribution >= 4 is 5.91 Å². The van der Waals surface area contributed by atoms with Crippen LogP contribution in [0.2, 0.25) is 0 Å². The summed E-state index contributed by atoms with van der Waals surface area (Å²) < 4.78 is 36.9. The third kappa shape index (κ3) is 4.84. The fourth-order valence-electron chi connectivity index (χ4n) is 2.33. The number of hydrogen-bond donors (Lipinski definition) is 1. The first-order valence-corrected chi connectivity index (χ1v) is 6.24. The Morgan fingerprint density at radius 2 is 1.61 bits per heavy atom. The number of carbonyl (C=O) groups excluding carboxylic acids is 1. The number of nitrogens with zero attached hydrogens (tertiary/aromatic N) is 1. The molecular weight excluding hydrogens is 245 g/mol. The van der Waals surface area contributed by atoms with Crippen LogP contribution >= 0.6 is 0 Å². The van der Waals surface area contributed by atoms with E-state index < -0.39 is 24.0 Å². The van der Waals surface area contributed by atoms with Crippen molar-refractivity contribution in [2.45, 2.75) is 45.7 Å². The fourth-order valence-corrected chi connectivity index (χ4v) is 2.33. The molecule has 0 aromatic rings. The number of amides is 1. The van der Waals surface area contributed by atoms with E-state index >= 15 is 0 Å². The van der Waals surface area contributed by atoms with E-state index in [4.69, 9.17) is 5.73 Å². The van der Waals surface area contributed by atoms with E-state index in [1.54, 1.807) is 0 Å². The highest BCUT2D eigenvalue weighted by atomic mass is 19.4. The maximum absolute atomic E-state index is 12.3. The van der Waals surface area contributed by atoms with Crippen LogP contribution in [0.5, 0.6) is 0 Å². The molecule has 0 aromatic heterocycles. The normalized spacial score (nSPS) is 12.6. The first-order valence-electron chi connectivity index (χ1n) is 6.24. The van der Waals surface area contributed by atoms with Crippen molar-refractivity contribution < 1.29 is 18.0 Å². The largest absolute Gasteiger partial charge is 0.406 e. The summed E-state index contributed by atoms with van der Waals surface area (Å²) in [6, 6.07) is 0. The monoisotopic (exact) mass is 268 g/mol. The Kier molecular flexibility index (Phi) is 6.67. The van der Waals surface area contributed by atoms with Gasteiger partial charge in [-0.15, -0.1) is 0 Å². The summed E-state index contributed by atoms with van der Waals surface area (Å²) in [5, 5.41) is 0. The number of halogens is 3. The lowest BCUT2D eigenvalue weighted by Gasteiger charge is -2.35. The van der Waals surface area contributed by atoms with E-state index in [1.165, 1.54) is 7.05 Å². The van der Waals surface area contributed by atoms with Crippen molar-refractivity contribution in [3.63, 3.8) is 0 Å². The van der Waals surface area contributed by atoms with Crippen LogP contribution in [0.15, 0.2) is 0 Å². The minimum atomic E-state index is -4.37. The summed E-state index contributed by atoms with van der Waals surface area (Å²) in [5.41, 5.74) is 4.81. The zero-order chi connectivity index (χ0) is 14.4. The molecule has 18 heavy (non-hydrogen) atoms. The summed E-state index contributed by atoms with van der Waals surface area (Å²) in [7, 11) is 1.19. The molecule has 0 rings (SSSR count). The topological polar surface area (TPSA) is 46.3 Å². The molecule has 3 nitrogen and oxygen atoms in total. The highest BCUT2D eigenvalue weighted by Crippen LogP contribution is 2.31. The molecule has 2 N–H and O–H groups in total. The van der Waals surface area contributed by atoms with Crippen molar-refractivity contribution in [2.75, 3.05) is 20.1 Å². The SMILES string of the molecule is CCCC(CN)(CCC)C(=O)N(C)CC(F)(F)F. The van der Waals surface area contributed by atoms with Gasteiger partial charge in [-0.1, -0.05) is 26.7 Å². The van der Waals surface area contributed by atoms with Crippen molar-refractivity contribution in [3.8, 4) is 0 Å². The minimum Gasteiger partial charge on any atom is -0.336 e. The lowest BCUT2D eigenvalue weighted by atomic mass is 9.78. The zero-order valence-electron chi connectivity index (χ0n) is 11.3. The number of alkyl halides is 3. The lowest BCUT2D eigenvalue weighted by molar-refractivity contribution is -0.165. The number of rotatable bonds is 7. The highest BCUT2D eigenvalue weighted by Gasteiger charge is 2.40. The van der Waals surface area contributed by atoms with Gasteiger partial charge in [0, 0.05) is 13.6 Å². The highest BCUT2D eigenvalue weighted by molar-refractivity contribution is 5.82. The van der Waals surface area contributed by atoms with Gasteiger partial charge in [0.2, 0.25) is 5.91 Å². The maximum Gasteiger partial charge on any atom is 0.406 e. The smallest absolute Gasteiger partial charge is 0.336 e. The van der Waals surface area contributed by atoms with E-state index in [9.17, 15) is 18.0 Å². The first kappa shape index (κ1) is 17.2. The number of nitrogens with two attached hydrogens (primary N) is 1. The van der Waals surface area contributed by atoms with Crippen LogP contribution in [0, 0.1) is 5.41 Å². The molecule has 0 saturated heterocycles. The second kappa shape index (κ2) is 6.97. The Morgan fingerprint density at radius 1 is 1.17 bits per heavy atom. The van der Waals surface area contributed by atoms with Crippen LogP contribution in [-0.2, 0) is 4.79 Å². The molecule has 0 aromatic carbocycles. The van der Waals surface area contributed by atoms with Gasteiger partial charge in [0.1, 0.15) is 6.54 Å². The Bertz CT molecular complexity index is 261. The second-order valence-electron chi connectivity index (χ2n) is 4.76. The van der Waals surface area contributed by atoms with Crippen LogP contribution in [0.3, 0.4) is 0 Å². The molecule has 0 bridgehead atoms. The number of hydrogen-bond acceptors (Lipinski definition) is 2. The first-order chi connectivity index (χ1) is 8.22. The van der Waals surface area contributed by atoms with E-state index in [0.29, 0.717) is 12.8 Å². The van der Waals surface area contributed by atoms with Gasteiger partial charge < -0.3 is 10.6 Å². The van der Waals surface area contributed by atoms with Crippen LogP contribution in [-0.4, -0.2) is 37.1 Å². The van der Waals surface area contributed by atoms with Crippen LogP contribution in [0.1, 0.15) is 39.5 Å². The second-order valence-corrected chi connectivity index (χ2v) is 4.76. The van der Waals surface area contributed by atoms with Crippen molar-refractivity contribution in [1.82, 2.24) is 4.90 Å². The molecule has 0 radical (unpaired) electrons. The summed E-state index contributed by atoms with van der Waals surface area (Å²) >= 11 is 0. The zero-order valence-corrected chi connectivity index (χ0v) is 11.3. The van der Waals surface area contributed by atoms with Gasteiger partial charge >= 0.3 is 6.18 Å². The van der Waals surface area contributed by atoms with Crippen molar-refractivity contribution in [3.05, 3.63) is 0 Å². The molecule has 0 fully saturated rings. The summed E-state index contributed by atoms with van der Waals surface area (Å²) in [6.07, 6.45) is -1.87. The third-order valence-corrected chi connectivity index (χ3v) is 3.06. The van der Waals surface area contributed by atoms with Gasteiger partial charge in [-0.3, -0.25) is 4.79 Å². The average molecular weight is 268 g/mol. The van der Waals surface area contributed by atoms with Gasteiger partial charge in [-0.25, -0.2) is 0 Å². The molecule has 1 amide bonds.